The molecule has 0 bridgehead atoms. The first-order chi connectivity index (χ1) is 9.74. The van der Waals surface area contributed by atoms with Crippen LogP contribution in [0.4, 0.5) is 0 Å². The Kier molecular flexibility index (Phi) is 5.76. The molecule has 5 nitrogen and oxygen atoms in total. The molecule has 0 saturated carbocycles. The number of carbonyl (C=O) groups excluding carboxylic acids is 2. The van der Waals surface area contributed by atoms with E-state index in [2.05, 4.69) is 5.32 Å². The highest BCUT2D eigenvalue weighted by molar-refractivity contribution is 5.99. The van der Waals surface area contributed by atoms with Crippen LogP contribution in [0.25, 0.3) is 0 Å². The van der Waals surface area contributed by atoms with Crippen molar-refractivity contribution in [1.29, 1.82) is 0 Å². The van der Waals surface area contributed by atoms with Crippen LogP contribution >= 0.6 is 0 Å². The van der Waals surface area contributed by atoms with Gasteiger partial charge in [-0.15, -0.1) is 0 Å². The second-order valence-corrected chi connectivity index (χ2v) is 5.66. The molecule has 0 aliphatic heterocycles. The molecule has 1 amide bonds. The highest BCUT2D eigenvalue weighted by Gasteiger charge is 2.24. The first kappa shape index (κ1) is 17.0. The maximum atomic E-state index is 12.2. The molecule has 1 N–H and O–H groups in total. The quantitative estimate of drug-likeness (QED) is 0.847. The van der Waals surface area contributed by atoms with Gasteiger partial charge in [-0.25, -0.2) is 4.79 Å². The Balaban J connectivity index is 2.75. The highest BCUT2D eigenvalue weighted by Crippen LogP contribution is 2.18. The third-order valence-electron chi connectivity index (χ3n) is 2.54. The zero-order valence-electron chi connectivity index (χ0n) is 13.2. The molecule has 1 aromatic carbocycles. The van der Waals surface area contributed by atoms with Crippen molar-refractivity contribution in [2.45, 2.75) is 46.3 Å². The van der Waals surface area contributed by atoms with E-state index in [1.165, 1.54) is 0 Å². The first-order valence-corrected chi connectivity index (χ1v) is 7.00. The fourth-order valence-corrected chi connectivity index (χ4v) is 1.66. The van der Waals surface area contributed by atoms with Crippen LogP contribution in [0.15, 0.2) is 24.3 Å². The number of rotatable bonds is 5. The number of hydrogen-bond acceptors (Lipinski definition) is 4. The maximum Gasteiger partial charge on any atom is 0.328 e. The van der Waals surface area contributed by atoms with Crippen molar-refractivity contribution in [2.75, 3.05) is 6.61 Å². The molecule has 1 aromatic rings. The van der Waals surface area contributed by atoms with Gasteiger partial charge >= 0.3 is 5.97 Å². The summed E-state index contributed by atoms with van der Waals surface area (Å²) in [5.41, 5.74) is -0.186. The van der Waals surface area contributed by atoms with Crippen molar-refractivity contribution in [2.24, 2.45) is 0 Å². The summed E-state index contributed by atoms with van der Waals surface area (Å²) in [5, 5.41) is 2.62. The summed E-state index contributed by atoms with van der Waals surface area (Å²) in [6.45, 7) is 9.25. The molecule has 1 atom stereocenters. The van der Waals surface area contributed by atoms with E-state index in [0.29, 0.717) is 17.9 Å². The molecule has 1 rings (SSSR count). The molecule has 0 unspecified atom stereocenters. The standard InChI is InChI=1S/C16H23NO4/c1-6-20-13-10-8-7-9-12(13)14(18)17-11(2)15(19)21-16(3,4)5/h7-11H,6H2,1-5H3,(H,17,18)/t11-/m0/s1. The molecular formula is C16H23NO4. The number of ether oxygens (including phenoxy) is 2. The molecule has 116 valence electrons. The molecule has 21 heavy (non-hydrogen) atoms. The van der Waals surface area contributed by atoms with Crippen molar-refractivity contribution in [3.63, 3.8) is 0 Å². The molecule has 0 saturated heterocycles. The Hall–Kier alpha value is -2.04. The lowest BCUT2D eigenvalue weighted by atomic mass is 10.1. The third kappa shape index (κ3) is 5.45. The van der Waals surface area contributed by atoms with Gasteiger partial charge in [-0.1, -0.05) is 12.1 Å². The van der Waals surface area contributed by atoms with E-state index in [4.69, 9.17) is 9.47 Å². The summed E-state index contributed by atoms with van der Waals surface area (Å²) in [6, 6.07) is 6.18. The zero-order chi connectivity index (χ0) is 16.0. The number of nitrogens with one attached hydrogen (secondary N) is 1. The van der Waals surface area contributed by atoms with Crippen molar-refractivity contribution in [3.8, 4) is 5.75 Å². The van der Waals surface area contributed by atoms with Crippen LogP contribution in [-0.4, -0.2) is 30.1 Å². The van der Waals surface area contributed by atoms with E-state index in [1.807, 2.05) is 6.92 Å². The van der Waals surface area contributed by atoms with Gasteiger partial charge in [-0.05, 0) is 46.8 Å². The Bertz CT molecular complexity index is 505. The van der Waals surface area contributed by atoms with E-state index in [0.717, 1.165) is 0 Å². The predicted octanol–water partition coefficient (Wildman–Crippen LogP) is 2.55. The van der Waals surface area contributed by atoms with Gasteiger partial charge in [0.05, 0.1) is 12.2 Å². The molecule has 0 aliphatic carbocycles. The van der Waals surface area contributed by atoms with Crippen LogP contribution in [0.2, 0.25) is 0 Å². The van der Waals surface area contributed by atoms with Crippen LogP contribution in [0.5, 0.6) is 5.75 Å². The normalized spacial score (nSPS) is 12.4. The van der Waals surface area contributed by atoms with E-state index >= 15 is 0 Å². The fraction of sp³-hybridized carbons (Fsp3) is 0.500. The number of hydrogen-bond donors (Lipinski definition) is 1. The van der Waals surface area contributed by atoms with Gasteiger partial charge in [0.15, 0.2) is 0 Å². The second kappa shape index (κ2) is 7.11. The molecular weight excluding hydrogens is 270 g/mol. The van der Waals surface area contributed by atoms with Gasteiger partial charge in [-0.2, -0.15) is 0 Å². The fourth-order valence-electron chi connectivity index (χ4n) is 1.66. The van der Waals surface area contributed by atoms with E-state index in [-0.39, 0.29) is 5.91 Å². The van der Waals surface area contributed by atoms with E-state index < -0.39 is 17.6 Å². The minimum Gasteiger partial charge on any atom is -0.493 e. The third-order valence-corrected chi connectivity index (χ3v) is 2.54. The number of esters is 1. The van der Waals surface area contributed by atoms with Crippen molar-refractivity contribution in [1.82, 2.24) is 5.32 Å². The lowest BCUT2D eigenvalue weighted by Gasteiger charge is -2.22. The highest BCUT2D eigenvalue weighted by atomic mass is 16.6. The van der Waals surface area contributed by atoms with Crippen molar-refractivity contribution < 1.29 is 19.1 Å². The number of amides is 1. The minimum absolute atomic E-state index is 0.364. The van der Waals surface area contributed by atoms with Crippen molar-refractivity contribution >= 4 is 11.9 Å². The number of benzene rings is 1. The number of para-hydroxylation sites is 1. The molecule has 0 fully saturated rings. The molecule has 0 radical (unpaired) electrons. The summed E-state index contributed by atoms with van der Waals surface area (Å²) in [5.74, 6) is -0.337. The average Bonchev–Trinajstić information content (AvgIpc) is 2.37. The van der Waals surface area contributed by atoms with Gasteiger partial charge in [0.2, 0.25) is 0 Å². The maximum absolute atomic E-state index is 12.2. The van der Waals surface area contributed by atoms with Gasteiger partial charge in [-0.3, -0.25) is 4.79 Å². The van der Waals surface area contributed by atoms with Crippen LogP contribution in [0.1, 0.15) is 45.0 Å². The Morgan fingerprint density at radius 1 is 1.24 bits per heavy atom. The van der Waals surface area contributed by atoms with Crippen LogP contribution in [-0.2, 0) is 9.53 Å². The molecule has 0 heterocycles. The average molecular weight is 293 g/mol. The van der Waals surface area contributed by atoms with Crippen LogP contribution in [0.3, 0.4) is 0 Å². The first-order valence-electron chi connectivity index (χ1n) is 7.00. The smallest absolute Gasteiger partial charge is 0.328 e. The summed E-state index contributed by atoms with van der Waals surface area (Å²) < 4.78 is 10.6. The zero-order valence-corrected chi connectivity index (χ0v) is 13.2. The lowest BCUT2D eigenvalue weighted by Crippen LogP contribution is -2.42. The Morgan fingerprint density at radius 2 is 1.86 bits per heavy atom. The topological polar surface area (TPSA) is 64.6 Å². The lowest BCUT2D eigenvalue weighted by molar-refractivity contribution is -0.156. The SMILES string of the molecule is CCOc1ccccc1C(=O)N[C@@H](C)C(=O)OC(C)(C)C. The summed E-state index contributed by atoms with van der Waals surface area (Å²) in [4.78, 5) is 24.1. The molecule has 0 aromatic heterocycles. The van der Waals surface area contributed by atoms with Crippen molar-refractivity contribution in [3.05, 3.63) is 29.8 Å². The monoisotopic (exact) mass is 293 g/mol. The van der Waals surface area contributed by atoms with E-state index in [9.17, 15) is 9.59 Å². The molecule has 5 heteroatoms. The van der Waals surface area contributed by atoms with Crippen LogP contribution in [0, 0.1) is 0 Å². The minimum atomic E-state index is -0.730. The van der Waals surface area contributed by atoms with Gasteiger partial charge in [0.25, 0.3) is 5.91 Å². The van der Waals surface area contributed by atoms with Gasteiger partial charge in [0, 0.05) is 0 Å². The van der Waals surface area contributed by atoms with Gasteiger partial charge in [0.1, 0.15) is 17.4 Å². The Labute approximate surface area is 125 Å². The summed E-state index contributed by atoms with van der Waals surface area (Å²) in [6.07, 6.45) is 0. The second-order valence-electron chi connectivity index (χ2n) is 5.66. The van der Waals surface area contributed by atoms with Gasteiger partial charge < -0.3 is 14.8 Å². The molecule has 0 spiro atoms. The number of carbonyl (C=O) groups is 2. The summed E-state index contributed by atoms with van der Waals surface area (Å²) in [7, 11) is 0. The predicted molar refractivity (Wildman–Crippen MR) is 80.4 cm³/mol. The molecule has 0 aliphatic rings. The van der Waals surface area contributed by atoms with E-state index in [1.54, 1.807) is 52.0 Å². The summed E-state index contributed by atoms with van der Waals surface area (Å²) >= 11 is 0. The largest absolute Gasteiger partial charge is 0.493 e. The Morgan fingerprint density at radius 3 is 2.43 bits per heavy atom. The van der Waals surface area contributed by atoms with Crippen LogP contribution < -0.4 is 10.1 Å².